The first-order valence-electron chi connectivity index (χ1n) is 14.0. The molecule has 1 aromatic carbocycles. The Labute approximate surface area is 221 Å². The number of hydrogen-bond acceptors (Lipinski definition) is 2. The van der Waals surface area contributed by atoms with Crippen LogP contribution in [0.25, 0.3) is 0 Å². The Morgan fingerprint density at radius 1 is 0.763 bits per heavy atom. The average Bonchev–Trinajstić information content (AvgIpc) is 2.89. The fraction of sp³-hybridized carbons (Fsp3) is 0.667. The van der Waals surface area contributed by atoms with Crippen LogP contribution in [0.3, 0.4) is 0 Å². The number of ether oxygens (including phenoxy) is 2. The molecule has 0 aromatic heterocycles. The highest BCUT2D eigenvalue weighted by Gasteiger charge is 2.45. The van der Waals surface area contributed by atoms with Gasteiger partial charge in [0.05, 0.1) is 5.92 Å². The van der Waals surface area contributed by atoms with Crippen LogP contribution in [0.2, 0.25) is 0 Å². The highest BCUT2D eigenvalue weighted by Crippen LogP contribution is 2.48. The summed E-state index contributed by atoms with van der Waals surface area (Å²) in [5.41, 5.74) is 0. The molecule has 0 atom stereocenters. The first-order chi connectivity index (χ1) is 18.2. The van der Waals surface area contributed by atoms with Gasteiger partial charge < -0.3 is 9.47 Å². The molecule has 212 valence electrons. The molecule has 0 N–H and O–H groups in total. The second-order valence-electron chi connectivity index (χ2n) is 11.4. The summed E-state index contributed by atoms with van der Waals surface area (Å²) in [6, 6.07) is 1.04. The smallest absolute Gasteiger partial charge is 0.400 e. The molecule has 0 heterocycles. The van der Waals surface area contributed by atoms with Gasteiger partial charge in [-0.25, -0.2) is 8.78 Å². The molecule has 0 amide bonds. The van der Waals surface area contributed by atoms with E-state index in [1.54, 1.807) is 0 Å². The van der Waals surface area contributed by atoms with Crippen LogP contribution in [0.15, 0.2) is 36.6 Å². The topological polar surface area (TPSA) is 18.5 Å². The van der Waals surface area contributed by atoms with Gasteiger partial charge in [-0.05, 0) is 114 Å². The van der Waals surface area contributed by atoms with Crippen molar-refractivity contribution in [2.45, 2.75) is 90.1 Å². The molecule has 0 radical (unpaired) electrons. The van der Waals surface area contributed by atoms with Gasteiger partial charge in [0.15, 0.2) is 23.6 Å². The molecule has 0 saturated heterocycles. The van der Waals surface area contributed by atoms with Gasteiger partial charge in [0, 0.05) is 12.1 Å². The van der Waals surface area contributed by atoms with E-state index in [2.05, 4.69) is 23.8 Å². The van der Waals surface area contributed by atoms with Crippen molar-refractivity contribution in [3.8, 4) is 11.5 Å². The summed E-state index contributed by atoms with van der Waals surface area (Å²) < 4.78 is 91.2. The molecule has 0 aliphatic heterocycles. The predicted octanol–water partition coefficient (Wildman–Crippen LogP) is 10.0. The normalized spacial score (nSPS) is 30.7. The fourth-order valence-corrected chi connectivity index (χ4v) is 7.15. The van der Waals surface area contributed by atoms with Crippen molar-refractivity contribution in [3.05, 3.63) is 48.3 Å². The first kappa shape index (κ1) is 28.9. The number of benzene rings is 1. The Hall–Kier alpha value is -2.12. The van der Waals surface area contributed by atoms with Gasteiger partial charge in [0.1, 0.15) is 5.75 Å². The number of hydrogen-bond donors (Lipinski definition) is 0. The van der Waals surface area contributed by atoms with Crippen molar-refractivity contribution < 1.29 is 35.8 Å². The van der Waals surface area contributed by atoms with Crippen molar-refractivity contribution in [2.24, 2.45) is 35.5 Å². The summed E-state index contributed by atoms with van der Waals surface area (Å²) in [5.74, 6) is -2.27. The lowest BCUT2D eigenvalue weighted by Crippen LogP contribution is -2.38. The van der Waals surface area contributed by atoms with Crippen LogP contribution in [0.5, 0.6) is 11.5 Å². The van der Waals surface area contributed by atoms with Gasteiger partial charge in [0.25, 0.3) is 0 Å². The van der Waals surface area contributed by atoms with E-state index in [4.69, 9.17) is 4.74 Å². The summed E-state index contributed by atoms with van der Waals surface area (Å²) in [7, 11) is 0. The van der Waals surface area contributed by atoms with Gasteiger partial charge in [-0.1, -0.05) is 12.2 Å². The molecular weight excluding hydrogens is 506 g/mol. The van der Waals surface area contributed by atoms with Crippen molar-refractivity contribution >= 4 is 0 Å². The zero-order valence-electron chi connectivity index (χ0n) is 21.9. The Kier molecular flexibility index (Phi) is 9.74. The minimum Gasteiger partial charge on any atom is -0.453 e. The van der Waals surface area contributed by atoms with Crippen molar-refractivity contribution in [2.75, 3.05) is 0 Å². The van der Waals surface area contributed by atoms with Gasteiger partial charge in [0.2, 0.25) is 0 Å². The van der Waals surface area contributed by atoms with Crippen molar-refractivity contribution in [3.63, 3.8) is 0 Å². The van der Waals surface area contributed by atoms with Crippen LogP contribution in [0.1, 0.15) is 84.0 Å². The summed E-state index contributed by atoms with van der Waals surface area (Å²) in [5, 5.41) is 0. The van der Waals surface area contributed by atoms with Crippen LogP contribution in [0, 0.1) is 47.1 Å². The maximum absolute atomic E-state index is 14.9. The van der Waals surface area contributed by atoms with E-state index in [0.29, 0.717) is 49.7 Å². The number of alkyl halides is 2. The molecule has 3 aliphatic rings. The molecule has 38 heavy (non-hydrogen) atoms. The third-order valence-electron chi connectivity index (χ3n) is 9.17. The van der Waals surface area contributed by atoms with Crippen LogP contribution in [0.4, 0.5) is 26.3 Å². The first-order valence-corrected chi connectivity index (χ1v) is 14.0. The highest BCUT2D eigenvalue weighted by molar-refractivity contribution is 5.35. The van der Waals surface area contributed by atoms with E-state index in [-0.39, 0.29) is 6.26 Å². The summed E-state index contributed by atoms with van der Waals surface area (Å²) in [6.45, 7) is 2.09. The third kappa shape index (κ3) is 7.29. The lowest BCUT2D eigenvalue weighted by atomic mass is 9.65. The molecule has 3 saturated carbocycles. The maximum atomic E-state index is 14.9. The number of halogens is 6. The Morgan fingerprint density at radius 3 is 1.66 bits per heavy atom. The average molecular weight is 545 g/mol. The van der Waals surface area contributed by atoms with E-state index in [9.17, 15) is 26.3 Å². The summed E-state index contributed by atoms with van der Waals surface area (Å²) in [6.07, 6.45) is 10.5. The highest BCUT2D eigenvalue weighted by atomic mass is 19.3. The van der Waals surface area contributed by atoms with Crippen molar-refractivity contribution in [1.82, 2.24) is 0 Å². The van der Waals surface area contributed by atoms with Crippen molar-refractivity contribution in [1.29, 1.82) is 0 Å². The molecule has 3 aliphatic carbocycles. The van der Waals surface area contributed by atoms with Crippen LogP contribution >= 0.6 is 0 Å². The predicted molar refractivity (Wildman–Crippen MR) is 134 cm³/mol. The maximum Gasteiger partial charge on any atom is 0.400 e. The fourth-order valence-electron chi connectivity index (χ4n) is 7.15. The summed E-state index contributed by atoms with van der Waals surface area (Å²) >= 11 is 0. The minimum absolute atomic E-state index is 0.127. The molecule has 3 fully saturated rings. The molecule has 4 rings (SSSR count). The number of allylic oxidation sites excluding steroid dienone is 2. The van der Waals surface area contributed by atoms with E-state index < -0.39 is 41.2 Å². The summed E-state index contributed by atoms with van der Waals surface area (Å²) in [4.78, 5) is 0. The molecular formula is C30H38F6O2. The van der Waals surface area contributed by atoms with Crippen LogP contribution < -0.4 is 9.47 Å². The molecule has 2 nitrogen and oxygen atoms in total. The standard InChI is InChI=1S/C30H38F6O2/c1-2-3-19-4-6-20(7-5-19)21-8-10-22(11-9-21)23-12-14-24(15-13-23)30(35,36)38-25-16-26(31)29(27(32)17-25)37-18-28(33)34/h2-3,16-24H,4-15H2,1H3/b3-2+. The van der Waals surface area contributed by atoms with Crippen LogP contribution in [-0.4, -0.2) is 6.11 Å². The number of rotatable bonds is 8. The quantitative estimate of drug-likeness (QED) is 0.184. The second-order valence-corrected chi connectivity index (χ2v) is 11.4. The van der Waals surface area contributed by atoms with Gasteiger partial charge in [-0.2, -0.15) is 17.6 Å². The SMILES string of the molecule is C/C=C/C1CCC(C2CCC(C3CCC(C(F)(F)Oc4cc(F)c(OC=C(F)F)c(F)c4)CC3)CC2)CC1. The Balaban J connectivity index is 1.24. The van der Waals surface area contributed by atoms with E-state index >= 15 is 0 Å². The Morgan fingerprint density at radius 2 is 1.21 bits per heavy atom. The van der Waals surface area contributed by atoms with Gasteiger partial charge in [-0.15, -0.1) is 0 Å². The largest absolute Gasteiger partial charge is 0.453 e. The van der Waals surface area contributed by atoms with E-state index in [0.717, 1.165) is 17.8 Å². The molecule has 1 aromatic rings. The van der Waals surface area contributed by atoms with E-state index in [1.165, 1.54) is 51.4 Å². The lowest BCUT2D eigenvalue weighted by Gasteiger charge is -2.41. The molecule has 0 spiro atoms. The minimum atomic E-state index is -3.60. The molecule has 8 heteroatoms. The van der Waals surface area contributed by atoms with E-state index in [1.807, 2.05) is 0 Å². The molecule has 0 bridgehead atoms. The zero-order valence-corrected chi connectivity index (χ0v) is 21.9. The van der Waals surface area contributed by atoms with Gasteiger partial charge >= 0.3 is 12.2 Å². The second kappa shape index (κ2) is 12.8. The third-order valence-corrected chi connectivity index (χ3v) is 9.17. The zero-order chi connectivity index (χ0) is 27.3. The lowest BCUT2D eigenvalue weighted by molar-refractivity contribution is -0.224. The van der Waals surface area contributed by atoms with Crippen LogP contribution in [-0.2, 0) is 0 Å². The monoisotopic (exact) mass is 544 g/mol. The van der Waals surface area contributed by atoms with Gasteiger partial charge in [-0.3, -0.25) is 0 Å². The Bertz CT molecular complexity index is 942. The molecule has 0 unspecified atom stereocenters.